The van der Waals surface area contributed by atoms with Crippen molar-refractivity contribution in [2.75, 3.05) is 116 Å². The van der Waals surface area contributed by atoms with Crippen LogP contribution in [0.25, 0.3) is 0 Å². The third kappa shape index (κ3) is 40.6. The standard InChI is InChI=1S/C20H19ClN2O5S.C20H22ClNO4S.C10H12N2O2.C9H10BrClO2S.C9H11ClO3S.C5H2Cl2OS.C3H8ClNO2.CCl2O.BrH/c21-18-8-7-17(29-18)16(24)6-5-15-11-23(20(26)28-15)14-3-1-13(2-4-14)22-9-10-27-12-19(22)25;21-19-10-9-18(27-19)17(24)8-7-16(23)6-3-14-1-4-15(5-2-14)22-11-12-26-13-20(22)25;11-8-1-3-9(4-2-8)12-5-6-14-7-10(12)13;10-5-6(12)1-2-7(13)8-3-4-9(11)14-8;10-9-4-3-8(14-9)7(13)2-1-6(12)5-11;6-4-2-1-3(9-4)5(7)8;4-5-1-3(7)2-6;2-1(3)4;/h1-4,7-8,15H,5-6,9-12H2;1-2,4-5,9-10,16,23H,3,6-8,11-13H2;1-4H,5-7,11H2;3-4,6,12H,1-2,5H2;3-4,6,11-12H,1-2,5H2;1-2H;3,5-7H,1-2H2;;1H/t15-;16-;;2*6-;;3-;;/m01.11.1../s1. The fraction of sp³-hybridized carbons (Fsp3) is 0.377. The molecular weight excluding hydrogens is 1970 g/mol. The summed E-state index contributed by atoms with van der Waals surface area (Å²) in [5, 5.41) is 53.6. The van der Waals surface area contributed by atoms with Crippen LogP contribution < -0.4 is 30.2 Å². The molecule has 5 atom stereocenters. The van der Waals surface area contributed by atoms with E-state index >= 15 is 0 Å². The molecule has 0 bridgehead atoms. The molecule has 5 aromatic heterocycles. The number of carbonyl (C=O) groups is 10. The van der Waals surface area contributed by atoms with Gasteiger partial charge in [-0.25, -0.2) is 9.63 Å². The van der Waals surface area contributed by atoms with E-state index in [0.29, 0.717) is 154 Å². The molecule has 650 valence electrons. The van der Waals surface area contributed by atoms with Gasteiger partial charge in [-0.2, -0.15) is 0 Å². The smallest absolute Gasteiger partial charge is 0.414 e. The van der Waals surface area contributed by atoms with Crippen molar-refractivity contribution in [3.8, 4) is 0 Å². The molecular formula is C77H85Br2Cl9N6O20S5. The van der Waals surface area contributed by atoms with E-state index in [1.807, 2.05) is 48.5 Å². The number of nitrogens with zero attached hydrogens (tertiary/aromatic N) is 4. The number of Topliss-reactive ketones (excluding diaryl/α,β-unsaturated/α-hetero) is 4. The van der Waals surface area contributed by atoms with Crippen molar-refractivity contribution >= 4 is 280 Å². The molecule has 4 aliphatic heterocycles. The van der Waals surface area contributed by atoms with Crippen molar-refractivity contribution in [3.05, 3.63) is 185 Å². The average molecular weight is 2050 g/mol. The van der Waals surface area contributed by atoms with Crippen molar-refractivity contribution in [1.29, 1.82) is 0 Å². The van der Waals surface area contributed by atoms with Crippen LogP contribution in [0.15, 0.2) is 133 Å². The summed E-state index contributed by atoms with van der Waals surface area (Å²) in [7, 11) is 0. The first-order chi connectivity index (χ1) is 56.3. The van der Waals surface area contributed by atoms with E-state index in [0.717, 1.165) is 29.0 Å². The second-order valence-corrected chi connectivity index (χ2v) is 35.8. The van der Waals surface area contributed by atoms with Crippen LogP contribution in [-0.4, -0.2) is 209 Å². The van der Waals surface area contributed by atoms with Gasteiger partial charge in [0, 0.05) is 85.6 Å². The third-order valence-corrected chi connectivity index (χ3v) is 23.9. The predicted molar refractivity (Wildman–Crippen MR) is 484 cm³/mol. The summed E-state index contributed by atoms with van der Waals surface area (Å²) in [5.74, 6) is -0.0961. The van der Waals surface area contributed by atoms with Gasteiger partial charge in [-0.3, -0.25) is 48.1 Å². The molecule has 4 amide bonds. The molecule has 12 rings (SSSR count). The highest BCUT2D eigenvalue weighted by Gasteiger charge is 2.33. The van der Waals surface area contributed by atoms with E-state index in [2.05, 4.69) is 44.0 Å². The van der Waals surface area contributed by atoms with Gasteiger partial charge in [0.15, 0.2) is 23.1 Å². The van der Waals surface area contributed by atoms with Crippen LogP contribution >= 0.6 is 194 Å². The van der Waals surface area contributed by atoms with Crippen LogP contribution in [-0.2, 0) is 39.8 Å². The minimum absolute atomic E-state index is 0. The lowest BCUT2D eigenvalue weighted by Gasteiger charge is -2.27. The Balaban J connectivity index is 0.000000303. The summed E-state index contributed by atoms with van der Waals surface area (Å²) in [6.45, 7) is 3.77. The summed E-state index contributed by atoms with van der Waals surface area (Å²) in [4.78, 5) is 126. The molecule has 4 saturated heterocycles. The van der Waals surface area contributed by atoms with E-state index < -0.39 is 40.5 Å². The number of aliphatic hydroxyl groups is 6. The molecule has 9 heterocycles. The number of carbonyl (C=O) groups excluding carboxylic acids is 10. The average Bonchev–Trinajstić information content (AvgIpc) is 1.67. The highest BCUT2D eigenvalue weighted by Crippen LogP contribution is 2.31. The fourth-order valence-electron chi connectivity index (χ4n) is 10.3. The predicted octanol–water partition coefficient (Wildman–Crippen LogP) is 17.0. The fourth-order valence-corrected chi connectivity index (χ4v) is 15.9. The Morgan fingerprint density at radius 1 is 0.462 bits per heavy atom. The number of aryl methyl sites for hydroxylation is 1. The van der Waals surface area contributed by atoms with Gasteiger partial charge in [-0.15, -0.1) is 73.7 Å². The SMILES string of the molecule is Br.Nc1ccc(N2CCOCC2=O)cc1.O=C(CC[C@@H](O)CBr)c1ccc(Cl)s1.O=C(CC[C@@H](O)CO)c1ccc(Cl)s1.O=C(CC[C@H](O)CCc1ccc(N2CCOCC2=O)cc1)c1ccc(Cl)s1.O=C(CC[C@H]1CN(c2ccc(N3CCOCC3=O)cc2)C(=O)O1)c1ccc(Cl)s1.O=C(Cl)Cl.O=C(Cl)c1ccc(Cl)s1.OC[C@H](O)CNCl. The number of nitrogen functional groups attached to an aromatic ring is 1. The number of rotatable bonds is 29. The Morgan fingerprint density at radius 2 is 0.790 bits per heavy atom. The summed E-state index contributed by atoms with van der Waals surface area (Å²) in [6, 6.07) is 39.1. The molecule has 0 aliphatic carbocycles. The number of halogens is 11. The molecule has 119 heavy (non-hydrogen) atoms. The van der Waals surface area contributed by atoms with E-state index in [-0.39, 0.29) is 116 Å². The largest absolute Gasteiger partial charge is 0.444 e. The number of amides is 4. The number of aliphatic hydroxyl groups excluding tert-OH is 6. The molecule has 0 spiro atoms. The maximum atomic E-state index is 12.3. The Kier molecular flexibility index (Phi) is 51.8. The lowest BCUT2D eigenvalue weighted by molar-refractivity contribution is -0.126. The highest BCUT2D eigenvalue weighted by atomic mass is 79.9. The second kappa shape index (κ2) is 58.1. The molecule has 4 fully saturated rings. The molecule has 0 radical (unpaired) electrons. The van der Waals surface area contributed by atoms with Gasteiger partial charge in [0.2, 0.25) is 0 Å². The van der Waals surface area contributed by atoms with Crippen molar-refractivity contribution < 1.29 is 97.5 Å². The number of thiophene rings is 5. The van der Waals surface area contributed by atoms with E-state index in [1.165, 1.54) is 56.7 Å². The molecule has 0 unspecified atom stereocenters. The monoisotopic (exact) mass is 2050 g/mol. The van der Waals surface area contributed by atoms with Crippen LogP contribution in [0.2, 0.25) is 21.7 Å². The third-order valence-electron chi connectivity index (χ3n) is 16.4. The van der Waals surface area contributed by atoms with Gasteiger partial charge < -0.3 is 70.0 Å². The molecule has 9 N–H and O–H groups in total. The Bertz CT molecular complexity index is 4410. The first-order valence-electron chi connectivity index (χ1n) is 35.8. The number of ketones is 4. The van der Waals surface area contributed by atoms with E-state index in [9.17, 15) is 53.4 Å². The number of benzene rings is 3. The minimum Gasteiger partial charge on any atom is -0.444 e. The number of cyclic esters (lactones) is 1. The van der Waals surface area contributed by atoms with E-state index in [1.54, 1.807) is 105 Å². The van der Waals surface area contributed by atoms with Crippen molar-refractivity contribution in [2.24, 2.45) is 0 Å². The summed E-state index contributed by atoms with van der Waals surface area (Å²) in [6.07, 6.45) is 0.881. The molecule has 0 saturated carbocycles. The number of nitrogens with two attached hydrogens (primary N) is 1. The minimum atomic E-state index is -0.889. The second-order valence-electron chi connectivity index (χ2n) is 25.1. The number of anilines is 5. The van der Waals surface area contributed by atoms with Crippen molar-refractivity contribution in [1.82, 2.24) is 4.84 Å². The van der Waals surface area contributed by atoms with Gasteiger partial charge in [0.25, 0.3) is 23.0 Å². The number of alkyl halides is 1. The van der Waals surface area contributed by atoms with E-state index in [4.69, 9.17) is 131 Å². The normalized spacial score (nSPS) is 15.1. The van der Waals surface area contributed by atoms with Gasteiger partial charge in [-0.1, -0.05) is 86.1 Å². The zero-order valence-corrected chi connectivity index (χ0v) is 77.2. The number of morpholine rings is 3. The van der Waals surface area contributed by atoms with Crippen molar-refractivity contribution in [3.63, 3.8) is 0 Å². The van der Waals surface area contributed by atoms with Gasteiger partial charge in [-0.05, 0) is 212 Å². The molecule has 26 nitrogen and oxygen atoms in total. The first-order valence-corrected chi connectivity index (χ1v) is 44.4. The maximum absolute atomic E-state index is 12.3. The number of hydrogen-bond acceptors (Lipinski definition) is 27. The zero-order chi connectivity index (χ0) is 86.8. The first kappa shape index (κ1) is 106. The highest BCUT2D eigenvalue weighted by molar-refractivity contribution is 9.09. The Hall–Kier alpha value is -5.17. The Morgan fingerprint density at radius 3 is 1.10 bits per heavy atom. The number of ether oxygens (including phenoxy) is 4. The van der Waals surface area contributed by atoms with Gasteiger partial charge in [0.1, 0.15) is 25.9 Å². The summed E-state index contributed by atoms with van der Waals surface area (Å²) in [5.41, 5.74) is 10.6. The molecule has 4 aliphatic rings. The van der Waals surface area contributed by atoms with Crippen LogP contribution in [0.1, 0.15) is 112 Å². The van der Waals surface area contributed by atoms with Crippen LogP contribution in [0, 0.1) is 0 Å². The van der Waals surface area contributed by atoms with Crippen LogP contribution in [0.5, 0.6) is 0 Å². The number of nitrogens with one attached hydrogen (secondary N) is 1. The zero-order valence-electron chi connectivity index (χ0n) is 63.1. The topological polar surface area (TPSA) is 380 Å². The quantitative estimate of drug-likeness (QED) is 0.00709. The molecule has 42 heteroatoms. The Labute approximate surface area is 770 Å². The lowest BCUT2D eigenvalue weighted by atomic mass is 10.0. The van der Waals surface area contributed by atoms with Crippen molar-refractivity contribution in [2.45, 2.75) is 94.7 Å². The number of hydrogen-bond donors (Lipinski definition) is 8. The molecule has 3 aromatic carbocycles. The maximum Gasteiger partial charge on any atom is 0.414 e. The summed E-state index contributed by atoms with van der Waals surface area (Å²) < 4.78 is 22.8. The summed E-state index contributed by atoms with van der Waals surface area (Å²) >= 11 is 56.8. The molecule has 8 aromatic rings. The van der Waals surface area contributed by atoms with Gasteiger partial charge >= 0.3 is 10.8 Å². The van der Waals surface area contributed by atoms with Crippen LogP contribution in [0.4, 0.5) is 38.0 Å². The van der Waals surface area contributed by atoms with Gasteiger partial charge in [0.05, 0.1) is 110 Å². The lowest BCUT2D eigenvalue weighted by Crippen LogP contribution is -2.41. The van der Waals surface area contributed by atoms with Crippen LogP contribution in [0.3, 0.4) is 0 Å².